The van der Waals surface area contributed by atoms with Gasteiger partial charge in [0.25, 0.3) is 5.91 Å². The lowest BCUT2D eigenvalue weighted by Crippen LogP contribution is -2.31. The van der Waals surface area contributed by atoms with Crippen molar-refractivity contribution in [3.8, 4) is 0 Å². The molecule has 0 saturated heterocycles. The Morgan fingerprint density at radius 1 is 1.43 bits per heavy atom. The molecule has 2 rings (SSSR count). The second-order valence-corrected chi connectivity index (χ2v) is 5.17. The Morgan fingerprint density at radius 3 is 2.76 bits per heavy atom. The summed E-state index contributed by atoms with van der Waals surface area (Å²) < 4.78 is 1.66. The van der Waals surface area contributed by atoms with E-state index in [0.29, 0.717) is 36.0 Å². The van der Waals surface area contributed by atoms with Crippen LogP contribution in [0.5, 0.6) is 0 Å². The number of carbonyl (C=O) groups excluding carboxylic acids is 1. The van der Waals surface area contributed by atoms with Gasteiger partial charge in [-0.3, -0.25) is 9.48 Å². The molecule has 1 aromatic carbocycles. The Morgan fingerprint density at radius 2 is 2.19 bits per heavy atom. The Bertz CT molecular complexity index is 638. The molecule has 0 aliphatic rings. The summed E-state index contributed by atoms with van der Waals surface area (Å²) in [6.07, 6.45) is 1.68. The van der Waals surface area contributed by atoms with Gasteiger partial charge < -0.3 is 10.6 Å². The molecule has 0 bridgehead atoms. The van der Waals surface area contributed by atoms with E-state index in [-0.39, 0.29) is 5.91 Å². The second kappa shape index (κ2) is 6.63. The van der Waals surface area contributed by atoms with Crippen molar-refractivity contribution in [3.05, 3.63) is 46.7 Å². The molecule has 0 aliphatic heterocycles. The van der Waals surface area contributed by atoms with Gasteiger partial charge in [-0.1, -0.05) is 23.7 Å². The number of nitrogens with two attached hydrogens (primary N) is 1. The van der Waals surface area contributed by atoms with Gasteiger partial charge in [-0.2, -0.15) is 5.10 Å². The number of aryl methyl sites for hydroxylation is 1. The normalized spacial score (nSPS) is 10.6. The maximum Gasteiger partial charge on any atom is 0.276 e. The Labute approximate surface area is 129 Å². The van der Waals surface area contributed by atoms with E-state index in [0.717, 1.165) is 5.56 Å². The summed E-state index contributed by atoms with van der Waals surface area (Å²) in [5.41, 5.74) is 7.57. The minimum atomic E-state index is -0.165. The average molecular weight is 307 g/mol. The molecule has 112 valence electrons. The standard InChI is InChI=1S/C15H19ClN4O/c1-3-19(9-11-6-5-7-12(16)8-11)15(21)14-13(17)10-20(4-2)18-14/h5-8,10H,3-4,9,17H2,1-2H3. The van der Waals surface area contributed by atoms with Crippen LogP contribution in [0.3, 0.4) is 0 Å². The predicted octanol–water partition coefficient (Wildman–Crippen LogP) is 2.80. The first-order valence-corrected chi connectivity index (χ1v) is 7.29. The molecule has 5 nitrogen and oxygen atoms in total. The van der Waals surface area contributed by atoms with Crippen molar-refractivity contribution in [3.63, 3.8) is 0 Å². The van der Waals surface area contributed by atoms with E-state index in [9.17, 15) is 4.79 Å². The van der Waals surface area contributed by atoms with E-state index in [1.54, 1.807) is 15.8 Å². The number of nitrogen functional groups attached to an aromatic ring is 1. The number of rotatable bonds is 5. The van der Waals surface area contributed by atoms with Gasteiger partial charge in [0, 0.05) is 30.9 Å². The van der Waals surface area contributed by atoms with Crippen molar-refractivity contribution >= 4 is 23.2 Å². The summed E-state index contributed by atoms with van der Waals surface area (Å²) in [5.74, 6) is -0.165. The molecule has 0 spiro atoms. The lowest BCUT2D eigenvalue weighted by molar-refractivity contribution is 0.0746. The molecule has 0 radical (unpaired) electrons. The van der Waals surface area contributed by atoms with Crippen molar-refractivity contribution in [1.29, 1.82) is 0 Å². The lowest BCUT2D eigenvalue weighted by atomic mass is 10.2. The monoisotopic (exact) mass is 306 g/mol. The first kappa shape index (κ1) is 15.4. The SMILES string of the molecule is CCN(Cc1cccc(Cl)c1)C(=O)c1nn(CC)cc1N. The molecule has 2 aromatic rings. The smallest absolute Gasteiger partial charge is 0.276 e. The number of benzene rings is 1. The number of aromatic nitrogens is 2. The molecule has 0 aliphatic carbocycles. The van der Waals surface area contributed by atoms with E-state index < -0.39 is 0 Å². The molecule has 1 amide bonds. The fourth-order valence-corrected chi connectivity index (χ4v) is 2.31. The van der Waals surface area contributed by atoms with Crippen molar-refractivity contribution in [1.82, 2.24) is 14.7 Å². The molecule has 0 saturated carbocycles. The van der Waals surface area contributed by atoms with Gasteiger partial charge in [-0.15, -0.1) is 0 Å². The van der Waals surface area contributed by atoms with Crippen molar-refractivity contribution in [2.24, 2.45) is 0 Å². The third kappa shape index (κ3) is 3.55. The van der Waals surface area contributed by atoms with Crippen LogP contribution in [-0.2, 0) is 13.1 Å². The van der Waals surface area contributed by atoms with E-state index in [4.69, 9.17) is 17.3 Å². The van der Waals surface area contributed by atoms with Crippen LogP contribution in [0.1, 0.15) is 29.9 Å². The topological polar surface area (TPSA) is 64.2 Å². The number of nitrogens with zero attached hydrogens (tertiary/aromatic N) is 3. The molecule has 2 N–H and O–H groups in total. The summed E-state index contributed by atoms with van der Waals surface area (Å²) in [5, 5.41) is 4.89. The number of halogens is 1. The highest BCUT2D eigenvalue weighted by Gasteiger charge is 2.20. The second-order valence-electron chi connectivity index (χ2n) is 4.74. The molecular weight excluding hydrogens is 288 g/mol. The van der Waals surface area contributed by atoms with Crippen molar-refractivity contribution < 1.29 is 4.79 Å². The van der Waals surface area contributed by atoms with Crippen LogP contribution in [0.4, 0.5) is 5.69 Å². The predicted molar refractivity (Wildman–Crippen MR) is 84.2 cm³/mol. The molecule has 1 aromatic heterocycles. The van der Waals surface area contributed by atoms with Crippen molar-refractivity contribution in [2.45, 2.75) is 26.9 Å². The maximum absolute atomic E-state index is 12.6. The molecule has 0 atom stereocenters. The highest BCUT2D eigenvalue weighted by atomic mass is 35.5. The Kier molecular flexibility index (Phi) is 4.85. The molecule has 21 heavy (non-hydrogen) atoms. The molecule has 0 unspecified atom stereocenters. The third-order valence-corrected chi connectivity index (χ3v) is 3.48. The Balaban J connectivity index is 2.20. The van der Waals surface area contributed by atoms with Gasteiger partial charge in [0.2, 0.25) is 0 Å². The van der Waals surface area contributed by atoms with E-state index in [1.165, 1.54) is 0 Å². The molecule has 1 heterocycles. The fraction of sp³-hybridized carbons (Fsp3) is 0.333. The zero-order chi connectivity index (χ0) is 15.4. The Hall–Kier alpha value is -2.01. The zero-order valence-corrected chi connectivity index (χ0v) is 13.0. The lowest BCUT2D eigenvalue weighted by Gasteiger charge is -2.20. The average Bonchev–Trinajstić information content (AvgIpc) is 2.85. The number of carbonyl (C=O) groups is 1. The summed E-state index contributed by atoms with van der Waals surface area (Å²) >= 11 is 5.98. The van der Waals surface area contributed by atoms with Gasteiger partial charge in [-0.05, 0) is 31.5 Å². The number of hydrogen-bond donors (Lipinski definition) is 1. The quantitative estimate of drug-likeness (QED) is 0.924. The van der Waals surface area contributed by atoms with Crippen LogP contribution < -0.4 is 5.73 Å². The summed E-state index contributed by atoms with van der Waals surface area (Å²) in [6.45, 7) is 5.61. The molecule has 0 fully saturated rings. The van der Waals surface area contributed by atoms with Gasteiger partial charge in [0.05, 0.1) is 5.69 Å². The van der Waals surface area contributed by atoms with Crippen LogP contribution >= 0.6 is 11.6 Å². The molecular formula is C15H19ClN4O. The molecule has 6 heteroatoms. The van der Waals surface area contributed by atoms with Crippen LogP contribution in [-0.4, -0.2) is 27.1 Å². The maximum atomic E-state index is 12.6. The van der Waals surface area contributed by atoms with Crippen LogP contribution in [0.2, 0.25) is 5.02 Å². The van der Waals surface area contributed by atoms with E-state index in [2.05, 4.69) is 5.10 Å². The van der Waals surface area contributed by atoms with Gasteiger partial charge in [-0.25, -0.2) is 0 Å². The van der Waals surface area contributed by atoms with Crippen molar-refractivity contribution in [2.75, 3.05) is 12.3 Å². The minimum absolute atomic E-state index is 0.165. The number of amides is 1. The van der Waals surface area contributed by atoms with Crippen LogP contribution in [0.15, 0.2) is 30.5 Å². The van der Waals surface area contributed by atoms with E-state index >= 15 is 0 Å². The van der Waals surface area contributed by atoms with E-state index in [1.807, 2.05) is 38.1 Å². The summed E-state index contributed by atoms with van der Waals surface area (Å²) in [4.78, 5) is 14.3. The first-order valence-electron chi connectivity index (χ1n) is 6.91. The highest BCUT2D eigenvalue weighted by molar-refractivity contribution is 6.30. The largest absolute Gasteiger partial charge is 0.396 e. The third-order valence-electron chi connectivity index (χ3n) is 3.25. The summed E-state index contributed by atoms with van der Waals surface area (Å²) in [6, 6.07) is 7.47. The van der Waals surface area contributed by atoms with Crippen LogP contribution in [0.25, 0.3) is 0 Å². The minimum Gasteiger partial charge on any atom is -0.396 e. The zero-order valence-electron chi connectivity index (χ0n) is 12.2. The van der Waals surface area contributed by atoms with Gasteiger partial charge in [0.1, 0.15) is 0 Å². The fourth-order valence-electron chi connectivity index (χ4n) is 2.10. The van der Waals surface area contributed by atoms with Gasteiger partial charge in [0.15, 0.2) is 5.69 Å². The number of anilines is 1. The van der Waals surface area contributed by atoms with Crippen LogP contribution in [0, 0.1) is 0 Å². The first-order chi connectivity index (χ1) is 10.0. The highest BCUT2D eigenvalue weighted by Crippen LogP contribution is 2.16. The summed E-state index contributed by atoms with van der Waals surface area (Å²) in [7, 11) is 0. The van der Waals surface area contributed by atoms with Gasteiger partial charge >= 0.3 is 0 Å². The number of hydrogen-bond acceptors (Lipinski definition) is 3.